The van der Waals surface area contributed by atoms with E-state index in [2.05, 4.69) is 15.5 Å². The number of benzene rings is 2. The van der Waals surface area contributed by atoms with Crippen molar-refractivity contribution in [2.24, 2.45) is 5.92 Å². The number of hydrogen-bond donors (Lipinski definition) is 1. The number of amides is 2. The number of carbonyl (C=O) groups is 2. The maximum absolute atomic E-state index is 12.8. The summed E-state index contributed by atoms with van der Waals surface area (Å²) in [5, 5.41) is 7.00. The molecular formula is C24H24N4O4. The van der Waals surface area contributed by atoms with Crippen molar-refractivity contribution >= 4 is 23.2 Å². The molecule has 2 fully saturated rings. The van der Waals surface area contributed by atoms with Crippen molar-refractivity contribution in [2.45, 2.75) is 31.6 Å². The molecule has 1 aromatic heterocycles. The summed E-state index contributed by atoms with van der Waals surface area (Å²) in [6.45, 7) is 0.317. The third kappa shape index (κ3) is 3.95. The van der Waals surface area contributed by atoms with Crippen LogP contribution in [0.25, 0.3) is 11.4 Å². The average Bonchev–Trinajstić information content (AvgIpc) is 3.40. The molecule has 0 radical (unpaired) electrons. The number of carbonyl (C=O) groups excluding carboxylic acids is 2. The Kier molecular flexibility index (Phi) is 5.34. The Morgan fingerprint density at radius 1 is 1.19 bits per heavy atom. The Morgan fingerprint density at radius 3 is 2.81 bits per heavy atom. The van der Waals surface area contributed by atoms with E-state index in [1.807, 2.05) is 30.3 Å². The number of anilines is 2. The standard InChI is InChI=1S/C24H24N4O4/c1-31-20-10-4-8-18(13-20)25-23(30)17-12-21(29)28(14-17)19-9-3-7-16(11-19)22-26-24(32-27-22)15-5-2-6-15/h3-4,7-11,13,15,17H,2,5-6,12,14H2,1H3,(H,25,30). The number of rotatable bonds is 6. The molecule has 2 aliphatic rings. The van der Waals surface area contributed by atoms with Gasteiger partial charge in [-0.15, -0.1) is 0 Å². The van der Waals surface area contributed by atoms with Crippen LogP contribution in [0.15, 0.2) is 53.1 Å². The van der Waals surface area contributed by atoms with Crippen LogP contribution in [0.4, 0.5) is 11.4 Å². The Hall–Kier alpha value is -3.68. The zero-order chi connectivity index (χ0) is 22.1. The Morgan fingerprint density at radius 2 is 2.03 bits per heavy atom. The molecule has 1 unspecified atom stereocenters. The number of hydrogen-bond acceptors (Lipinski definition) is 6. The molecule has 1 atom stereocenters. The molecule has 2 aromatic carbocycles. The molecule has 3 aromatic rings. The maximum atomic E-state index is 12.8. The van der Waals surface area contributed by atoms with Crippen molar-refractivity contribution in [3.05, 3.63) is 54.4 Å². The van der Waals surface area contributed by atoms with Crippen LogP contribution in [0, 0.1) is 5.92 Å². The fraction of sp³-hybridized carbons (Fsp3) is 0.333. The minimum Gasteiger partial charge on any atom is -0.497 e. The summed E-state index contributed by atoms with van der Waals surface area (Å²) < 4.78 is 10.6. The molecule has 164 valence electrons. The van der Waals surface area contributed by atoms with Gasteiger partial charge in [-0.1, -0.05) is 29.8 Å². The third-order valence-corrected chi connectivity index (χ3v) is 6.15. The quantitative estimate of drug-likeness (QED) is 0.632. The lowest BCUT2D eigenvalue weighted by Crippen LogP contribution is -2.28. The topological polar surface area (TPSA) is 97.6 Å². The van der Waals surface area contributed by atoms with Crippen LogP contribution >= 0.6 is 0 Å². The Labute approximate surface area is 185 Å². The second-order valence-corrected chi connectivity index (χ2v) is 8.26. The van der Waals surface area contributed by atoms with Gasteiger partial charge in [0.05, 0.1) is 13.0 Å². The molecule has 0 bridgehead atoms. The monoisotopic (exact) mass is 432 g/mol. The van der Waals surface area contributed by atoms with Crippen molar-refractivity contribution in [1.29, 1.82) is 0 Å². The van der Waals surface area contributed by atoms with Crippen molar-refractivity contribution < 1.29 is 18.8 Å². The van der Waals surface area contributed by atoms with Gasteiger partial charge >= 0.3 is 0 Å². The second kappa shape index (κ2) is 8.45. The van der Waals surface area contributed by atoms with Crippen molar-refractivity contribution in [2.75, 3.05) is 23.9 Å². The second-order valence-electron chi connectivity index (χ2n) is 8.26. The molecule has 1 saturated heterocycles. The van der Waals surface area contributed by atoms with E-state index in [9.17, 15) is 9.59 Å². The van der Waals surface area contributed by atoms with Crippen molar-refractivity contribution in [3.8, 4) is 17.1 Å². The van der Waals surface area contributed by atoms with Gasteiger partial charge in [0, 0.05) is 41.9 Å². The van der Waals surface area contributed by atoms with Gasteiger partial charge in [-0.3, -0.25) is 9.59 Å². The van der Waals surface area contributed by atoms with E-state index in [0.29, 0.717) is 35.6 Å². The van der Waals surface area contributed by atoms with Crippen LogP contribution < -0.4 is 15.0 Å². The van der Waals surface area contributed by atoms with Gasteiger partial charge in [0.2, 0.25) is 23.5 Å². The van der Waals surface area contributed by atoms with E-state index in [4.69, 9.17) is 9.26 Å². The molecule has 2 amide bonds. The van der Waals surface area contributed by atoms with Gasteiger partial charge in [-0.05, 0) is 37.1 Å². The van der Waals surface area contributed by atoms with Crippen LogP contribution in [0.1, 0.15) is 37.5 Å². The van der Waals surface area contributed by atoms with Crippen LogP contribution in [0.5, 0.6) is 5.75 Å². The number of nitrogens with one attached hydrogen (secondary N) is 1. The van der Waals surface area contributed by atoms with E-state index in [0.717, 1.165) is 24.1 Å². The van der Waals surface area contributed by atoms with Crippen LogP contribution in [-0.4, -0.2) is 35.6 Å². The molecule has 8 nitrogen and oxygen atoms in total. The molecule has 1 saturated carbocycles. The fourth-order valence-corrected chi connectivity index (χ4v) is 4.06. The molecule has 1 aliphatic carbocycles. The summed E-state index contributed by atoms with van der Waals surface area (Å²) in [4.78, 5) is 31.7. The molecule has 0 spiro atoms. The van der Waals surface area contributed by atoms with Gasteiger partial charge in [0.1, 0.15) is 5.75 Å². The molecular weight excluding hydrogens is 408 g/mol. The fourth-order valence-electron chi connectivity index (χ4n) is 4.06. The number of aromatic nitrogens is 2. The zero-order valence-electron chi connectivity index (χ0n) is 17.8. The van der Waals surface area contributed by atoms with Gasteiger partial charge in [-0.25, -0.2) is 0 Å². The van der Waals surface area contributed by atoms with Crippen molar-refractivity contribution in [1.82, 2.24) is 10.1 Å². The maximum Gasteiger partial charge on any atom is 0.230 e. The van der Waals surface area contributed by atoms with E-state index in [1.54, 1.807) is 30.2 Å². The highest BCUT2D eigenvalue weighted by molar-refractivity contribution is 6.03. The Balaban J connectivity index is 1.29. The smallest absolute Gasteiger partial charge is 0.230 e. The zero-order valence-corrected chi connectivity index (χ0v) is 17.8. The van der Waals surface area contributed by atoms with Crippen molar-refractivity contribution in [3.63, 3.8) is 0 Å². The first kappa shape index (κ1) is 20.2. The SMILES string of the molecule is COc1cccc(NC(=O)C2CC(=O)N(c3cccc(-c4noc(C5CCC5)n4)c3)C2)c1. The molecule has 5 rings (SSSR count). The van der Waals surface area contributed by atoms with Gasteiger partial charge in [0.15, 0.2) is 0 Å². The lowest BCUT2D eigenvalue weighted by atomic mass is 9.85. The first-order chi connectivity index (χ1) is 15.6. The Bertz CT molecular complexity index is 1150. The van der Waals surface area contributed by atoms with E-state index < -0.39 is 5.92 Å². The summed E-state index contributed by atoms with van der Waals surface area (Å²) in [5.74, 6) is 1.52. The van der Waals surface area contributed by atoms with E-state index >= 15 is 0 Å². The highest BCUT2D eigenvalue weighted by Crippen LogP contribution is 2.36. The highest BCUT2D eigenvalue weighted by Gasteiger charge is 2.35. The summed E-state index contributed by atoms with van der Waals surface area (Å²) >= 11 is 0. The van der Waals surface area contributed by atoms with E-state index in [-0.39, 0.29) is 18.2 Å². The summed E-state index contributed by atoms with van der Waals surface area (Å²) in [5.41, 5.74) is 2.15. The summed E-state index contributed by atoms with van der Waals surface area (Å²) in [7, 11) is 1.57. The molecule has 2 heterocycles. The van der Waals surface area contributed by atoms with Gasteiger partial charge in [0.25, 0.3) is 0 Å². The molecule has 8 heteroatoms. The molecule has 32 heavy (non-hydrogen) atoms. The average molecular weight is 432 g/mol. The van der Waals surface area contributed by atoms with Crippen LogP contribution in [0.2, 0.25) is 0 Å². The lowest BCUT2D eigenvalue weighted by Gasteiger charge is -2.20. The summed E-state index contributed by atoms with van der Waals surface area (Å²) in [6, 6.07) is 14.6. The van der Waals surface area contributed by atoms with E-state index in [1.165, 1.54) is 6.42 Å². The predicted octanol–water partition coefficient (Wildman–Crippen LogP) is 4.00. The lowest BCUT2D eigenvalue weighted by molar-refractivity contribution is -0.122. The number of nitrogens with zero attached hydrogens (tertiary/aromatic N) is 3. The minimum absolute atomic E-state index is 0.0868. The van der Waals surface area contributed by atoms with Gasteiger partial charge in [-0.2, -0.15) is 4.98 Å². The summed E-state index contributed by atoms with van der Waals surface area (Å²) in [6.07, 6.45) is 3.53. The first-order valence-corrected chi connectivity index (χ1v) is 10.8. The minimum atomic E-state index is -0.437. The third-order valence-electron chi connectivity index (χ3n) is 6.15. The largest absolute Gasteiger partial charge is 0.497 e. The van der Waals surface area contributed by atoms with Crippen LogP contribution in [-0.2, 0) is 9.59 Å². The molecule has 1 aliphatic heterocycles. The van der Waals surface area contributed by atoms with Gasteiger partial charge < -0.3 is 19.5 Å². The number of methoxy groups -OCH3 is 1. The normalized spacial score (nSPS) is 18.5. The predicted molar refractivity (Wildman–Crippen MR) is 118 cm³/mol. The first-order valence-electron chi connectivity index (χ1n) is 10.8. The number of ether oxygens (including phenoxy) is 1. The van der Waals surface area contributed by atoms with Crippen LogP contribution in [0.3, 0.4) is 0 Å². The highest BCUT2D eigenvalue weighted by atomic mass is 16.5. The molecule has 1 N–H and O–H groups in total.